The number of aliphatic carboxylic acids is 1. The molecule has 22 heavy (non-hydrogen) atoms. The number of rotatable bonds is 10. The molecule has 0 aliphatic heterocycles. The van der Waals surface area contributed by atoms with Gasteiger partial charge in [-0.05, 0) is 17.9 Å². The van der Waals surface area contributed by atoms with Crippen LogP contribution in [0.25, 0.3) is 0 Å². The minimum atomic E-state index is -0.813. The van der Waals surface area contributed by atoms with Gasteiger partial charge in [0.25, 0.3) is 0 Å². The summed E-state index contributed by atoms with van der Waals surface area (Å²) < 4.78 is 0. The lowest BCUT2D eigenvalue weighted by Crippen LogP contribution is -2.32. The van der Waals surface area contributed by atoms with E-state index in [4.69, 9.17) is 5.11 Å². The lowest BCUT2D eigenvalue weighted by Gasteiger charge is -2.24. The fraction of sp³-hybridized carbons (Fsp3) is 0.556. The van der Waals surface area contributed by atoms with Gasteiger partial charge in [-0.15, -0.1) is 0 Å². The third-order valence-electron chi connectivity index (χ3n) is 3.69. The molecule has 1 rings (SSSR count). The highest BCUT2D eigenvalue weighted by Gasteiger charge is 2.17. The Bertz CT molecular complexity index is 459. The molecule has 4 nitrogen and oxygen atoms in total. The smallest absolute Gasteiger partial charge is 0.303 e. The summed E-state index contributed by atoms with van der Waals surface area (Å²) >= 11 is 0. The van der Waals surface area contributed by atoms with E-state index >= 15 is 0 Å². The Hall–Kier alpha value is -1.84. The maximum Gasteiger partial charge on any atom is 0.303 e. The maximum absolute atomic E-state index is 12.5. The van der Waals surface area contributed by atoms with Crippen molar-refractivity contribution in [1.29, 1.82) is 0 Å². The Kier molecular flexibility index (Phi) is 8.26. The monoisotopic (exact) mass is 305 g/mol. The van der Waals surface area contributed by atoms with Gasteiger partial charge in [0.1, 0.15) is 0 Å². The number of nitrogens with zero attached hydrogens (tertiary/aromatic N) is 1. The molecule has 4 heteroatoms. The van der Waals surface area contributed by atoms with E-state index in [1.807, 2.05) is 30.3 Å². The van der Waals surface area contributed by atoms with Crippen LogP contribution in [0.2, 0.25) is 0 Å². The summed E-state index contributed by atoms with van der Waals surface area (Å²) in [5.74, 6) is -0.322. The molecule has 0 aromatic heterocycles. The molecule has 0 fully saturated rings. The molecule has 1 aromatic carbocycles. The third-order valence-corrected chi connectivity index (χ3v) is 3.69. The molecule has 1 aromatic rings. The van der Waals surface area contributed by atoms with Crippen molar-refractivity contribution in [3.63, 3.8) is 0 Å². The van der Waals surface area contributed by atoms with Crippen LogP contribution in [0, 0.1) is 5.92 Å². The summed E-state index contributed by atoms with van der Waals surface area (Å²) in [7, 11) is 0. The number of amides is 1. The van der Waals surface area contributed by atoms with Crippen molar-refractivity contribution in [3.8, 4) is 0 Å². The van der Waals surface area contributed by atoms with E-state index in [1.165, 1.54) is 0 Å². The van der Waals surface area contributed by atoms with Crippen molar-refractivity contribution in [2.75, 3.05) is 6.54 Å². The van der Waals surface area contributed by atoms with Crippen LogP contribution in [0.5, 0.6) is 0 Å². The first-order valence-corrected chi connectivity index (χ1v) is 8.06. The maximum atomic E-state index is 12.5. The van der Waals surface area contributed by atoms with Crippen LogP contribution in [-0.4, -0.2) is 28.4 Å². The molecule has 0 radical (unpaired) electrons. The molecule has 0 spiro atoms. The van der Waals surface area contributed by atoms with Crippen LogP contribution >= 0.6 is 0 Å². The number of carboxylic acids is 1. The first-order chi connectivity index (χ1) is 10.5. The molecular weight excluding hydrogens is 278 g/mol. The SMILES string of the molecule is CCCC(C)CC(=O)N(CCCC(=O)O)Cc1ccccc1. The fourth-order valence-electron chi connectivity index (χ4n) is 2.54. The van der Waals surface area contributed by atoms with Crippen molar-refractivity contribution < 1.29 is 14.7 Å². The van der Waals surface area contributed by atoms with Crippen LogP contribution in [-0.2, 0) is 16.1 Å². The fourth-order valence-corrected chi connectivity index (χ4v) is 2.54. The summed E-state index contributed by atoms with van der Waals surface area (Å²) in [6.07, 6.45) is 3.25. The molecule has 0 aliphatic carbocycles. The van der Waals surface area contributed by atoms with Crippen molar-refractivity contribution in [2.24, 2.45) is 5.92 Å². The summed E-state index contributed by atoms with van der Waals surface area (Å²) in [6, 6.07) is 9.84. The van der Waals surface area contributed by atoms with Crippen LogP contribution in [0.1, 0.15) is 51.5 Å². The van der Waals surface area contributed by atoms with Crippen molar-refractivity contribution in [3.05, 3.63) is 35.9 Å². The quantitative estimate of drug-likeness (QED) is 0.717. The van der Waals surface area contributed by atoms with E-state index in [1.54, 1.807) is 4.90 Å². The number of hydrogen-bond acceptors (Lipinski definition) is 2. The molecule has 0 bridgehead atoms. The largest absolute Gasteiger partial charge is 0.481 e. The van der Waals surface area contributed by atoms with Crippen molar-refractivity contribution in [2.45, 2.75) is 52.5 Å². The average Bonchev–Trinajstić information content (AvgIpc) is 2.47. The number of hydrogen-bond donors (Lipinski definition) is 1. The Morgan fingerprint density at radius 1 is 1.23 bits per heavy atom. The second-order valence-electron chi connectivity index (χ2n) is 5.90. The van der Waals surface area contributed by atoms with Gasteiger partial charge in [-0.2, -0.15) is 0 Å². The minimum Gasteiger partial charge on any atom is -0.481 e. The Morgan fingerprint density at radius 3 is 2.50 bits per heavy atom. The lowest BCUT2D eigenvalue weighted by molar-refractivity contribution is -0.138. The summed E-state index contributed by atoms with van der Waals surface area (Å²) in [5, 5.41) is 8.77. The van der Waals surface area contributed by atoms with Crippen molar-refractivity contribution >= 4 is 11.9 Å². The predicted octanol–water partition coefficient (Wildman–Crippen LogP) is 3.71. The molecule has 0 saturated heterocycles. The van der Waals surface area contributed by atoms with Gasteiger partial charge in [0.2, 0.25) is 5.91 Å². The van der Waals surface area contributed by atoms with Crippen LogP contribution in [0.15, 0.2) is 30.3 Å². The molecule has 0 saturated carbocycles. The zero-order valence-corrected chi connectivity index (χ0v) is 13.6. The highest BCUT2D eigenvalue weighted by molar-refractivity contribution is 5.76. The highest BCUT2D eigenvalue weighted by Crippen LogP contribution is 2.14. The third kappa shape index (κ3) is 7.25. The number of carbonyl (C=O) groups excluding carboxylic acids is 1. The summed E-state index contributed by atoms with van der Waals surface area (Å²) in [4.78, 5) is 25.0. The molecule has 0 aliphatic rings. The van der Waals surface area contributed by atoms with Gasteiger partial charge in [-0.25, -0.2) is 0 Å². The molecule has 1 atom stereocenters. The van der Waals surface area contributed by atoms with Gasteiger partial charge in [0, 0.05) is 25.9 Å². The standard InChI is InChI=1S/C18H27NO3/c1-3-8-15(2)13-17(20)19(12-7-11-18(21)22)14-16-9-5-4-6-10-16/h4-6,9-10,15H,3,7-8,11-14H2,1-2H3,(H,21,22). The van der Waals surface area contributed by atoms with Crippen LogP contribution in [0.3, 0.4) is 0 Å². The van der Waals surface area contributed by atoms with E-state index in [9.17, 15) is 9.59 Å². The summed E-state index contributed by atoms with van der Waals surface area (Å²) in [5.41, 5.74) is 1.08. The average molecular weight is 305 g/mol. The Balaban J connectivity index is 2.63. The van der Waals surface area contributed by atoms with Gasteiger partial charge in [0.15, 0.2) is 0 Å². The number of carboxylic acid groups (broad SMARTS) is 1. The van der Waals surface area contributed by atoms with Gasteiger partial charge < -0.3 is 10.0 Å². The molecular formula is C18H27NO3. The first kappa shape index (κ1) is 18.2. The Morgan fingerprint density at radius 2 is 1.91 bits per heavy atom. The van der Waals surface area contributed by atoms with E-state index in [0.29, 0.717) is 31.8 Å². The molecule has 1 N–H and O–H groups in total. The Labute approximate surface area is 133 Å². The predicted molar refractivity (Wildman–Crippen MR) is 87.4 cm³/mol. The topological polar surface area (TPSA) is 57.6 Å². The lowest BCUT2D eigenvalue weighted by atomic mass is 10.0. The minimum absolute atomic E-state index is 0.100. The molecule has 1 unspecified atom stereocenters. The normalized spacial score (nSPS) is 11.9. The second kappa shape index (κ2) is 9.98. The second-order valence-corrected chi connectivity index (χ2v) is 5.90. The van der Waals surface area contributed by atoms with Crippen LogP contribution < -0.4 is 0 Å². The number of carbonyl (C=O) groups is 2. The first-order valence-electron chi connectivity index (χ1n) is 8.06. The zero-order chi connectivity index (χ0) is 16.4. The molecule has 0 heterocycles. The van der Waals surface area contributed by atoms with E-state index in [-0.39, 0.29) is 12.3 Å². The van der Waals surface area contributed by atoms with E-state index < -0.39 is 5.97 Å². The van der Waals surface area contributed by atoms with Gasteiger partial charge >= 0.3 is 5.97 Å². The van der Waals surface area contributed by atoms with Crippen LogP contribution in [0.4, 0.5) is 0 Å². The van der Waals surface area contributed by atoms with E-state index in [0.717, 1.165) is 18.4 Å². The number of benzene rings is 1. The van der Waals surface area contributed by atoms with Gasteiger partial charge in [-0.1, -0.05) is 57.0 Å². The molecule has 1 amide bonds. The van der Waals surface area contributed by atoms with Crippen molar-refractivity contribution in [1.82, 2.24) is 4.90 Å². The van der Waals surface area contributed by atoms with Gasteiger partial charge in [-0.3, -0.25) is 9.59 Å². The van der Waals surface area contributed by atoms with Gasteiger partial charge in [0.05, 0.1) is 0 Å². The summed E-state index contributed by atoms with van der Waals surface area (Å²) in [6.45, 7) is 5.27. The molecule has 122 valence electrons. The van der Waals surface area contributed by atoms with E-state index in [2.05, 4.69) is 13.8 Å². The zero-order valence-electron chi connectivity index (χ0n) is 13.6. The highest BCUT2D eigenvalue weighted by atomic mass is 16.4.